The van der Waals surface area contributed by atoms with Crippen molar-refractivity contribution >= 4 is 57.0 Å². The molecular formula is C43H49Cl2FN6O4. The maximum absolute atomic E-state index is 17.7. The number of nitrogens with zero attached hydrogens (tertiary/aromatic N) is 6. The number of hydrogen-bond donors (Lipinski definition) is 0. The predicted octanol–water partition coefficient (Wildman–Crippen LogP) is 9.48. The highest BCUT2D eigenvalue weighted by Crippen LogP contribution is 2.55. The second-order valence-electron chi connectivity index (χ2n) is 17.1. The average Bonchev–Trinajstić information content (AvgIpc) is 3.97. The largest absolute Gasteiger partial charge is 0.472 e. The van der Waals surface area contributed by atoms with Crippen molar-refractivity contribution in [3.63, 3.8) is 0 Å². The molecule has 1 aliphatic carbocycles. The monoisotopic (exact) mass is 802 g/mol. The molecule has 0 unspecified atom stereocenters. The van der Waals surface area contributed by atoms with Gasteiger partial charge in [-0.05, 0) is 104 Å². The van der Waals surface area contributed by atoms with Gasteiger partial charge in [-0.15, -0.1) is 0 Å². The number of likely N-dealkylation sites (N-methyl/N-ethyl adjacent to an activating group) is 1. The van der Waals surface area contributed by atoms with Gasteiger partial charge in [-0.1, -0.05) is 35.3 Å². The van der Waals surface area contributed by atoms with Gasteiger partial charge in [0.15, 0.2) is 5.82 Å². The van der Waals surface area contributed by atoms with Gasteiger partial charge < -0.3 is 23.8 Å². The van der Waals surface area contributed by atoms with E-state index >= 15 is 4.39 Å². The van der Waals surface area contributed by atoms with Gasteiger partial charge in [-0.25, -0.2) is 14.2 Å². The Bertz CT molecular complexity index is 2280. The van der Waals surface area contributed by atoms with E-state index in [0.29, 0.717) is 35.5 Å². The first-order valence-electron chi connectivity index (χ1n) is 19.8. The molecule has 10 nitrogen and oxygen atoms in total. The number of fused-ring (bicyclic) bond motifs is 4. The van der Waals surface area contributed by atoms with Crippen LogP contribution in [0.5, 0.6) is 5.88 Å². The summed E-state index contributed by atoms with van der Waals surface area (Å²) in [6.45, 7) is 11.4. The Balaban J connectivity index is 1.42. The zero-order valence-electron chi connectivity index (χ0n) is 32.9. The molecule has 13 heteroatoms. The van der Waals surface area contributed by atoms with Crippen LogP contribution in [0, 0.1) is 23.1 Å². The van der Waals surface area contributed by atoms with Gasteiger partial charge in [-0.2, -0.15) is 5.26 Å². The Morgan fingerprint density at radius 1 is 1.11 bits per heavy atom. The summed E-state index contributed by atoms with van der Waals surface area (Å²) in [5.74, 6) is -0.165. The van der Waals surface area contributed by atoms with Crippen molar-refractivity contribution in [1.29, 1.82) is 5.26 Å². The first-order valence-corrected chi connectivity index (χ1v) is 20.6. The van der Waals surface area contributed by atoms with Crippen molar-refractivity contribution in [2.75, 3.05) is 26.7 Å². The number of carbonyl (C=O) groups excluding carboxylic acids is 2. The average molecular weight is 804 g/mol. The number of aromatic nitrogens is 2. The number of halogens is 3. The molecule has 6 atom stereocenters. The molecule has 2 aromatic carbocycles. The molecule has 4 aliphatic heterocycles. The Hall–Kier alpha value is -4.11. The Morgan fingerprint density at radius 3 is 2.57 bits per heavy atom. The van der Waals surface area contributed by atoms with Crippen LogP contribution in [0.25, 0.3) is 32.9 Å². The summed E-state index contributed by atoms with van der Waals surface area (Å²) in [6.07, 6.45) is 4.24. The first-order chi connectivity index (χ1) is 26.7. The number of rotatable bonds is 8. The maximum Gasteiger partial charge on any atom is 0.410 e. The van der Waals surface area contributed by atoms with Crippen LogP contribution in [0.3, 0.4) is 0 Å². The van der Waals surface area contributed by atoms with E-state index in [2.05, 4.69) is 28.7 Å². The quantitative estimate of drug-likeness (QED) is 0.175. The fourth-order valence-corrected chi connectivity index (χ4v) is 10.3. The normalized spacial score (nSPS) is 24.2. The lowest BCUT2D eigenvalue weighted by Crippen LogP contribution is -2.45. The maximum atomic E-state index is 17.7. The molecule has 0 spiro atoms. The predicted molar refractivity (Wildman–Crippen MR) is 216 cm³/mol. The fourth-order valence-electron chi connectivity index (χ4n) is 9.91. The number of pyridine rings is 1. The Labute approximate surface area is 337 Å². The van der Waals surface area contributed by atoms with Crippen LogP contribution in [0.15, 0.2) is 30.3 Å². The third-order valence-electron chi connectivity index (χ3n) is 12.4. The third kappa shape index (κ3) is 6.55. The van der Waals surface area contributed by atoms with Gasteiger partial charge in [0, 0.05) is 60.6 Å². The fraction of sp³-hybridized carbons (Fsp3) is 0.535. The van der Waals surface area contributed by atoms with E-state index in [9.17, 15) is 14.9 Å². The van der Waals surface area contributed by atoms with Gasteiger partial charge in [-0.3, -0.25) is 9.69 Å². The molecule has 0 radical (unpaired) electrons. The number of hydrogen-bond acceptors (Lipinski definition) is 7. The third-order valence-corrected chi connectivity index (χ3v) is 13.2. The van der Waals surface area contributed by atoms with Crippen molar-refractivity contribution < 1.29 is 23.5 Å². The van der Waals surface area contributed by atoms with Crippen LogP contribution in [-0.4, -0.2) is 86.7 Å². The summed E-state index contributed by atoms with van der Waals surface area (Å²) in [4.78, 5) is 37.9. The minimum Gasteiger partial charge on any atom is -0.472 e. The van der Waals surface area contributed by atoms with E-state index in [4.69, 9.17) is 37.7 Å². The number of ether oxygens (including phenoxy) is 2. The van der Waals surface area contributed by atoms with Gasteiger partial charge in [0.25, 0.3) is 0 Å². The second-order valence-corrected chi connectivity index (χ2v) is 17.9. The molecule has 296 valence electrons. The van der Waals surface area contributed by atoms with Crippen molar-refractivity contribution in [1.82, 2.24) is 24.3 Å². The minimum absolute atomic E-state index is 0.0125. The first kappa shape index (κ1) is 38.7. The van der Waals surface area contributed by atoms with Crippen molar-refractivity contribution in [2.24, 2.45) is 5.92 Å². The number of amides is 2. The van der Waals surface area contributed by atoms with Crippen LogP contribution in [0.4, 0.5) is 9.18 Å². The number of carbonyl (C=O) groups is 2. The summed E-state index contributed by atoms with van der Waals surface area (Å²) in [7, 11) is 2.10. The van der Waals surface area contributed by atoms with Crippen molar-refractivity contribution in [2.45, 2.75) is 115 Å². The van der Waals surface area contributed by atoms with Crippen LogP contribution >= 0.6 is 23.2 Å². The number of likely N-dealkylation sites (tertiary alicyclic amines) is 2. The van der Waals surface area contributed by atoms with Gasteiger partial charge >= 0.3 is 6.09 Å². The van der Waals surface area contributed by atoms with Gasteiger partial charge in [0.05, 0.1) is 45.1 Å². The highest BCUT2D eigenvalue weighted by Gasteiger charge is 2.57. The molecule has 6 heterocycles. The highest BCUT2D eigenvalue weighted by molar-refractivity contribution is 6.43. The van der Waals surface area contributed by atoms with E-state index in [1.807, 2.05) is 43.6 Å². The van der Waals surface area contributed by atoms with Crippen LogP contribution in [0.2, 0.25) is 10.0 Å². The Morgan fingerprint density at radius 2 is 1.88 bits per heavy atom. The molecule has 4 aromatic rings. The SMILES string of the molecule is CC(=O)N1CCC[C@@H]1c1cc2c(O[C@@H](C)[C@@H]3CCCN3C)nc3c(F)c(-c4cccc(Cl)c4Cl)c(CCC#N)cc3c2n1[C@H]1[C@@H]2C[C@H]1N(C(=O)OC(C)(C)C)C2. The van der Waals surface area contributed by atoms with E-state index in [0.717, 1.165) is 55.2 Å². The summed E-state index contributed by atoms with van der Waals surface area (Å²) in [5, 5.41) is 11.5. The zero-order valence-corrected chi connectivity index (χ0v) is 34.4. The van der Waals surface area contributed by atoms with Crippen LogP contribution < -0.4 is 4.74 Å². The molecule has 5 fully saturated rings. The smallest absolute Gasteiger partial charge is 0.410 e. The molecule has 2 aromatic heterocycles. The molecule has 5 aliphatic rings. The van der Waals surface area contributed by atoms with E-state index in [-0.39, 0.29) is 82.2 Å². The van der Waals surface area contributed by atoms with E-state index < -0.39 is 11.4 Å². The summed E-state index contributed by atoms with van der Waals surface area (Å²) in [5.41, 5.74) is 2.39. The minimum atomic E-state index is -0.657. The summed E-state index contributed by atoms with van der Waals surface area (Å²) < 4.78 is 32.7. The Kier molecular flexibility index (Phi) is 10.2. The molecule has 9 rings (SSSR count). The zero-order chi connectivity index (χ0) is 39.8. The number of benzene rings is 2. The molecule has 0 N–H and O–H groups in total. The standard InChI is InChI=1S/C43H49Cl2FN6O4/c1-23(31-14-9-17-49(31)6)55-41-29-21-33(32-15-10-18-50(32)24(2)53)52(39-26-20-34(39)51(22-26)42(54)56-43(3,4)5)40(29)28-19-25(11-8-16-47)35(37(46)38(28)48-41)27-12-7-13-30(44)36(27)45/h7,12-13,19,21,23,26,31-32,34,39H,8-11,14-15,17-18,20,22H2,1-6H3/t23-,26+,31-,32+,34+,39-/m0/s1. The lowest BCUT2D eigenvalue weighted by molar-refractivity contribution is -0.129. The van der Waals surface area contributed by atoms with Crippen molar-refractivity contribution in [3.05, 3.63) is 57.5 Å². The molecule has 2 amide bonds. The van der Waals surface area contributed by atoms with E-state index in [1.54, 1.807) is 25.1 Å². The van der Waals surface area contributed by atoms with Gasteiger partial charge in [0.2, 0.25) is 11.8 Å². The van der Waals surface area contributed by atoms with Gasteiger partial charge in [0.1, 0.15) is 17.2 Å². The molecule has 4 saturated heterocycles. The number of aryl methyl sites for hydroxylation is 1. The molecular weight excluding hydrogens is 754 g/mol. The molecule has 56 heavy (non-hydrogen) atoms. The second kappa shape index (κ2) is 14.7. The van der Waals surface area contributed by atoms with Crippen LogP contribution in [-0.2, 0) is 16.0 Å². The lowest BCUT2D eigenvalue weighted by atomic mass is 9.79. The highest BCUT2D eigenvalue weighted by atomic mass is 35.5. The summed E-state index contributed by atoms with van der Waals surface area (Å²) >= 11 is 13.3. The van der Waals surface area contributed by atoms with Crippen molar-refractivity contribution in [3.8, 4) is 23.1 Å². The molecule has 1 saturated carbocycles. The topological polar surface area (TPSA) is 104 Å². The summed E-state index contributed by atoms with van der Waals surface area (Å²) in [6, 6.07) is 11.0. The van der Waals surface area contributed by atoms with Crippen LogP contribution in [0.1, 0.15) is 96.5 Å². The molecule has 2 bridgehead atoms. The number of nitriles is 1. The van der Waals surface area contributed by atoms with E-state index in [1.165, 1.54) is 0 Å². The lowest BCUT2D eigenvalue weighted by Gasteiger charge is -2.40.